The molecule has 3 nitrogen and oxygen atoms in total. The Morgan fingerprint density at radius 2 is 1.92 bits per heavy atom. The molecular formula is C20H20Cl2N2O. The predicted molar refractivity (Wildman–Crippen MR) is 101 cm³/mol. The van der Waals surface area contributed by atoms with Gasteiger partial charge in [-0.1, -0.05) is 47.5 Å². The van der Waals surface area contributed by atoms with Gasteiger partial charge in [0.2, 0.25) is 5.91 Å². The van der Waals surface area contributed by atoms with E-state index < -0.39 is 5.41 Å². The lowest BCUT2D eigenvalue weighted by molar-refractivity contribution is -0.120. The number of halogens is 2. The number of likely N-dealkylation sites (N-methyl/N-ethyl adjacent to an activating group) is 1. The van der Waals surface area contributed by atoms with Gasteiger partial charge in [-0.15, -0.1) is 0 Å². The molecule has 1 aliphatic heterocycles. The third-order valence-corrected chi connectivity index (χ3v) is 6.12. The van der Waals surface area contributed by atoms with Crippen LogP contribution in [0.25, 0.3) is 0 Å². The molecule has 1 amide bonds. The number of nitrogens with two attached hydrogens (primary N) is 1. The first-order chi connectivity index (χ1) is 11.9. The van der Waals surface area contributed by atoms with Crippen LogP contribution >= 0.6 is 23.2 Å². The first-order valence-corrected chi connectivity index (χ1v) is 9.23. The second kappa shape index (κ2) is 6.01. The van der Waals surface area contributed by atoms with Crippen molar-refractivity contribution in [3.63, 3.8) is 0 Å². The van der Waals surface area contributed by atoms with Crippen LogP contribution in [-0.2, 0) is 16.8 Å². The summed E-state index contributed by atoms with van der Waals surface area (Å²) in [5.74, 6) is -0.105. The molecule has 1 saturated carbocycles. The van der Waals surface area contributed by atoms with Crippen LogP contribution in [0.2, 0.25) is 10.0 Å². The molecule has 0 spiro atoms. The Hall–Kier alpha value is -1.55. The predicted octanol–water partition coefficient (Wildman–Crippen LogP) is 4.09. The van der Waals surface area contributed by atoms with E-state index in [4.69, 9.17) is 28.9 Å². The standard InChI is InChI=1S/C20H20Cl2N2O/c1-24-10-15(14-8-12(21)9-18(22)16(14)11-24)13-4-2-3-5-17(13)20(6-7-20)19(23)25/h2-5,8-9,15H,6-7,10-11H2,1H3,(H2,23,25). The highest BCUT2D eigenvalue weighted by molar-refractivity contribution is 6.35. The number of hydrogen-bond acceptors (Lipinski definition) is 2. The van der Waals surface area contributed by atoms with Gasteiger partial charge in [-0.05, 0) is 54.3 Å². The van der Waals surface area contributed by atoms with Crippen molar-refractivity contribution in [1.29, 1.82) is 0 Å². The molecule has 1 aliphatic carbocycles. The van der Waals surface area contributed by atoms with E-state index in [2.05, 4.69) is 18.0 Å². The van der Waals surface area contributed by atoms with E-state index in [1.807, 2.05) is 24.3 Å². The van der Waals surface area contributed by atoms with E-state index in [1.54, 1.807) is 6.07 Å². The molecule has 2 aliphatic rings. The fourth-order valence-electron chi connectivity index (χ4n) is 4.12. The summed E-state index contributed by atoms with van der Waals surface area (Å²) in [4.78, 5) is 14.4. The molecular weight excluding hydrogens is 355 g/mol. The Labute approximate surface area is 157 Å². The van der Waals surface area contributed by atoms with Gasteiger partial charge < -0.3 is 10.6 Å². The van der Waals surface area contributed by atoms with Crippen molar-refractivity contribution in [2.24, 2.45) is 5.73 Å². The number of carbonyl (C=O) groups excluding carboxylic acids is 1. The van der Waals surface area contributed by atoms with Gasteiger partial charge >= 0.3 is 0 Å². The lowest BCUT2D eigenvalue weighted by atomic mass is 9.79. The van der Waals surface area contributed by atoms with Crippen molar-refractivity contribution < 1.29 is 4.79 Å². The molecule has 4 rings (SSSR count). The van der Waals surface area contributed by atoms with Crippen LogP contribution in [-0.4, -0.2) is 24.4 Å². The molecule has 1 atom stereocenters. The van der Waals surface area contributed by atoms with Crippen molar-refractivity contribution in [3.8, 4) is 0 Å². The van der Waals surface area contributed by atoms with Crippen LogP contribution in [0, 0.1) is 0 Å². The maximum atomic E-state index is 12.1. The quantitative estimate of drug-likeness (QED) is 0.879. The summed E-state index contributed by atoms with van der Waals surface area (Å²) >= 11 is 12.8. The van der Waals surface area contributed by atoms with Crippen LogP contribution in [0.15, 0.2) is 36.4 Å². The molecule has 5 heteroatoms. The number of rotatable bonds is 3. The Kier molecular flexibility index (Phi) is 4.06. The molecule has 1 unspecified atom stereocenters. The molecule has 0 aromatic heterocycles. The highest BCUT2D eigenvalue weighted by atomic mass is 35.5. The third kappa shape index (κ3) is 2.75. The molecule has 130 valence electrons. The monoisotopic (exact) mass is 374 g/mol. The van der Waals surface area contributed by atoms with Crippen LogP contribution < -0.4 is 5.73 Å². The highest BCUT2D eigenvalue weighted by Gasteiger charge is 2.51. The summed E-state index contributed by atoms with van der Waals surface area (Å²) in [6.45, 7) is 1.65. The summed E-state index contributed by atoms with van der Waals surface area (Å²) < 4.78 is 0. The van der Waals surface area contributed by atoms with Crippen molar-refractivity contribution in [3.05, 3.63) is 68.7 Å². The van der Waals surface area contributed by atoms with Crippen LogP contribution in [0.5, 0.6) is 0 Å². The highest BCUT2D eigenvalue weighted by Crippen LogP contribution is 2.51. The number of carbonyl (C=O) groups is 1. The first-order valence-electron chi connectivity index (χ1n) is 8.48. The van der Waals surface area contributed by atoms with Gasteiger partial charge in [0.1, 0.15) is 0 Å². The van der Waals surface area contributed by atoms with Gasteiger partial charge in [-0.2, -0.15) is 0 Å². The average Bonchev–Trinajstić information content (AvgIpc) is 3.37. The van der Waals surface area contributed by atoms with E-state index in [9.17, 15) is 4.79 Å². The zero-order valence-corrected chi connectivity index (χ0v) is 15.6. The Morgan fingerprint density at radius 3 is 2.60 bits per heavy atom. The summed E-state index contributed by atoms with van der Waals surface area (Å²) in [6.07, 6.45) is 1.65. The number of amides is 1. The molecule has 2 N–H and O–H groups in total. The number of hydrogen-bond donors (Lipinski definition) is 1. The maximum absolute atomic E-state index is 12.1. The summed E-state index contributed by atoms with van der Waals surface area (Å²) in [7, 11) is 2.09. The second-order valence-electron chi connectivity index (χ2n) is 7.24. The minimum Gasteiger partial charge on any atom is -0.369 e. The van der Waals surface area contributed by atoms with Crippen LogP contribution in [0.4, 0.5) is 0 Å². The van der Waals surface area contributed by atoms with Crippen molar-refractivity contribution in [2.45, 2.75) is 30.7 Å². The smallest absolute Gasteiger partial charge is 0.228 e. The second-order valence-corrected chi connectivity index (χ2v) is 8.08. The van der Waals surface area contributed by atoms with Crippen molar-refractivity contribution in [1.82, 2.24) is 4.90 Å². The third-order valence-electron chi connectivity index (χ3n) is 5.57. The summed E-state index contributed by atoms with van der Waals surface area (Å²) in [5.41, 5.74) is 9.72. The van der Waals surface area contributed by atoms with Gasteiger partial charge in [0, 0.05) is 29.1 Å². The molecule has 2 aromatic rings. The van der Waals surface area contributed by atoms with E-state index >= 15 is 0 Å². The molecule has 1 heterocycles. The molecule has 25 heavy (non-hydrogen) atoms. The molecule has 1 fully saturated rings. The largest absolute Gasteiger partial charge is 0.369 e. The van der Waals surface area contributed by atoms with Crippen LogP contribution in [0.1, 0.15) is 41.0 Å². The Balaban J connectivity index is 1.89. The number of fused-ring (bicyclic) bond motifs is 1. The number of nitrogens with zero attached hydrogens (tertiary/aromatic N) is 1. The van der Waals surface area contributed by atoms with Gasteiger partial charge in [0.25, 0.3) is 0 Å². The maximum Gasteiger partial charge on any atom is 0.228 e. The van der Waals surface area contributed by atoms with Gasteiger partial charge in [0.05, 0.1) is 5.41 Å². The molecule has 0 saturated heterocycles. The zero-order chi connectivity index (χ0) is 17.8. The molecule has 0 bridgehead atoms. The lowest BCUT2D eigenvalue weighted by Crippen LogP contribution is -2.34. The van der Waals surface area contributed by atoms with Gasteiger partial charge in [0.15, 0.2) is 0 Å². The van der Waals surface area contributed by atoms with E-state index in [0.29, 0.717) is 10.0 Å². The minimum absolute atomic E-state index is 0.123. The fourth-order valence-corrected chi connectivity index (χ4v) is 4.69. The SMILES string of the molecule is CN1Cc2c(Cl)cc(Cl)cc2C(c2ccccc2C2(C(N)=O)CC2)C1. The van der Waals surface area contributed by atoms with E-state index in [1.165, 1.54) is 0 Å². The van der Waals surface area contributed by atoms with E-state index in [-0.39, 0.29) is 11.8 Å². The van der Waals surface area contributed by atoms with Gasteiger partial charge in [-0.25, -0.2) is 0 Å². The molecule has 0 radical (unpaired) electrons. The van der Waals surface area contributed by atoms with Crippen LogP contribution in [0.3, 0.4) is 0 Å². The topological polar surface area (TPSA) is 46.3 Å². The van der Waals surface area contributed by atoms with E-state index in [0.717, 1.165) is 48.2 Å². The summed E-state index contributed by atoms with van der Waals surface area (Å²) in [5, 5.41) is 1.35. The number of benzene rings is 2. The van der Waals surface area contributed by atoms with Gasteiger partial charge in [-0.3, -0.25) is 4.79 Å². The normalized spacial score (nSPS) is 21.6. The first kappa shape index (κ1) is 16.9. The summed E-state index contributed by atoms with van der Waals surface area (Å²) in [6, 6.07) is 12.0. The Bertz CT molecular complexity index is 861. The Morgan fingerprint density at radius 1 is 1.20 bits per heavy atom. The molecule has 2 aromatic carbocycles. The van der Waals surface area contributed by atoms with Crippen molar-refractivity contribution >= 4 is 29.1 Å². The van der Waals surface area contributed by atoms with Crippen molar-refractivity contribution in [2.75, 3.05) is 13.6 Å². The average molecular weight is 375 g/mol. The number of primary amides is 1. The zero-order valence-electron chi connectivity index (χ0n) is 14.1. The minimum atomic E-state index is -0.505. The fraction of sp³-hybridized carbons (Fsp3) is 0.350. The lowest BCUT2D eigenvalue weighted by Gasteiger charge is -2.35.